The van der Waals surface area contributed by atoms with Crippen molar-refractivity contribution in [2.24, 2.45) is 5.92 Å². The Kier molecular flexibility index (Phi) is 5.37. The zero-order valence-electron chi connectivity index (χ0n) is 10.5. The SMILES string of the molecule is O=C(NC1CCCCC1CCl)c1cccc(Cl)c1Cl. The van der Waals surface area contributed by atoms with Crippen molar-refractivity contribution in [1.82, 2.24) is 5.32 Å². The summed E-state index contributed by atoms with van der Waals surface area (Å²) in [5.74, 6) is 0.751. The van der Waals surface area contributed by atoms with Crippen molar-refractivity contribution in [3.05, 3.63) is 33.8 Å². The maximum atomic E-state index is 12.3. The molecule has 2 unspecified atom stereocenters. The van der Waals surface area contributed by atoms with Crippen molar-refractivity contribution in [1.29, 1.82) is 0 Å². The molecular formula is C14H16Cl3NO. The third kappa shape index (κ3) is 3.56. The Bertz CT molecular complexity index is 464. The molecule has 1 aromatic carbocycles. The molecule has 1 aliphatic carbocycles. The molecule has 19 heavy (non-hydrogen) atoms. The van der Waals surface area contributed by atoms with Gasteiger partial charge in [-0.2, -0.15) is 0 Å². The Labute approximate surface area is 128 Å². The van der Waals surface area contributed by atoms with Crippen LogP contribution < -0.4 is 5.32 Å². The topological polar surface area (TPSA) is 29.1 Å². The molecule has 1 aliphatic rings. The van der Waals surface area contributed by atoms with E-state index in [0.717, 1.165) is 19.3 Å². The number of amides is 1. The van der Waals surface area contributed by atoms with E-state index in [1.807, 2.05) is 0 Å². The number of hydrogen-bond donors (Lipinski definition) is 1. The average Bonchev–Trinajstić information content (AvgIpc) is 2.42. The third-order valence-electron chi connectivity index (χ3n) is 3.62. The normalized spacial score (nSPS) is 23.1. The van der Waals surface area contributed by atoms with Crippen LogP contribution in [0.3, 0.4) is 0 Å². The van der Waals surface area contributed by atoms with E-state index < -0.39 is 0 Å². The van der Waals surface area contributed by atoms with Crippen molar-refractivity contribution >= 4 is 40.7 Å². The van der Waals surface area contributed by atoms with Crippen molar-refractivity contribution in [2.45, 2.75) is 31.7 Å². The van der Waals surface area contributed by atoms with Crippen molar-refractivity contribution < 1.29 is 4.79 Å². The molecule has 0 aliphatic heterocycles. The van der Waals surface area contributed by atoms with Gasteiger partial charge in [0.1, 0.15) is 0 Å². The molecular weight excluding hydrogens is 305 g/mol. The summed E-state index contributed by atoms with van der Waals surface area (Å²) in [6.45, 7) is 0. The highest BCUT2D eigenvalue weighted by molar-refractivity contribution is 6.43. The van der Waals surface area contributed by atoms with Crippen LogP contribution in [0.5, 0.6) is 0 Å². The molecule has 1 amide bonds. The largest absolute Gasteiger partial charge is 0.349 e. The Morgan fingerprint density at radius 3 is 2.74 bits per heavy atom. The van der Waals surface area contributed by atoms with Crippen molar-refractivity contribution in [3.63, 3.8) is 0 Å². The number of carbonyl (C=O) groups excluding carboxylic acids is 1. The standard InChI is InChI=1S/C14H16Cl3NO/c15-8-9-4-1-2-7-12(9)18-14(19)10-5-3-6-11(16)13(10)17/h3,5-6,9,12H,1-2,4,7-8H2,(H,18,19). The minimum absolute atomic E-state index is 0.133. The molecule has 0 radical (unpaired) electrons. The van der Waals surface area contributed by atoms with Crippen LogP contribution in [0.1, 0.15) is 36.0 Å². The molecule has 0 bridgehead atoms. The second kappa shape index (κ2) is 6.83. The van der Waals surface area contributed by atoms with E-state index in [1.54, 1.807) is 18.2 Å². The van der Waals surface area contributed by atoms with Gasteiger partial charge in [0.15, 0.2) is 0 Å². The van der Waals surface area contributed by atoms with E-state index >= 15 is 0 Å². The van der Waals surface area contributed by atoms with Crippen molar-refractivity contribution in [3.8, 4) is 0 Å². The van der Waals surface area contributed by atoms with Crippen LogP contribution in [0.2, 0.25) is 10.0 Å². The molecule has 104 valence electrons. The summed E-state index contributed by atoms with van der Waals surface area (Å²) in [6, 6.07) is 5.21. The first-order valence-corrected chi connectivity index (χ1v) is 7.73. The highest BCUT2D eigenvalue weighted by Crippen LogP contribution is 2.28. The van der Waals surface area contributed by atoms with E-state index in [9.17, 15) is 4.79 Å². The summed E-state index contributed by atoms with van der Waals surface area (Å²) >= 11 is 17.9. The van der Waals surface area contributed by atoms with Crippen LogP contribution in [0.4, 0.5) is 0 Å². The van der Waals surface area contributed by atoms with Gasteiger partial charge in [0, 0.05) is 11.9 Å². The van der Waals surface area contributed by atoms with Crippen LogP contribution in [0.25, 0.3) is 0 Å². The number of hydrogen-bond acceptors (Lipinski definition) is 1. The Morgan fingerprint density at radius 1 is 1.26 bits per heavy atom. The molecule has 0 saturated heterocycles. The first-order chi connectivity index (χ1) is 9.13. The minimum atomic E-state index is -0.172. The van der Waals surface area contributed by atoms with E-state index in [-0.39, 0.29) is 11.9 Å². The monoisotopic (exact) mass is 319 g/mol. The fourth-order valence-corrected chi connectivity index (χ4v) is 3.26. The number of benzene rings is 1. The van der Waals surface area contributed by atoms with Gasteiger partial charge >= 0.3 is 0 Å². The summed E-state index contributed by atoms with van der Waals surface area (Å²) in [5.41, 5.74) is 0.424. The van der Waals surface area contributed by atoms with Crippen LogP contribution in [0, 0.1) is 5.92 Å². The van der Waals surface area contributed by atoms with Gasteiger partial charge in [0.25, 0.3) is 5.91 Å². The first-order valence-electron chi connectivity index (χ1n) is 6.44. The summed E-state index contributed by atoms with van der Waals surface area (Å²) in [7, 11) is 0. The fraction of sp³-hybridized carbons (Fsp3) is 0.500. The van der Waals surface area contributed by atoms with Gasteiger partial charge in [-0.15, -0.1) is 11.6 Å². The molecule has 2 rings (SSSR count). The third-order valence-corrected chi connectivity index (χ3v) is 4.84. The lowest BCUT2D eigenvalue weighted by atomic mass is 9.85. The van der Waals surface area contributed by atoms with Gasteiger partial charge in [-0.25, -0.2) is 0 Å². The van der Waals surface area contributed by atoms with Crippen LogP contribution in [0.15, 0.2) is 18.2 Å². The predicted molar refractivity (Wildman–Crippen MR) is 80.4 cm³/mol. The molecule has 2 nitrogen and oxygen atoms in total. The molecule has 1 aromatic rings. The van der Waals surface area contributed by atoms with Crippen LogP contribution in [-0.4, -0.2) is 17.8 Å². The maximum absolute atomic E-state index is 12.3. The summed E-state index contributed by atoms with van der Waals surface area (Å²) in [5, 5.41) is 3.74. The van der Waals surface area contributed by atoms with Crippen LogP contribution in [-0.2, 0) is 0 Å². The van der Waals surface area contributed by atoms with E-state index in [0.29, 0.717) is 27.4 Å². The van der Waals surface area contributed by atoms with E-state index in [2.05, 4.69) is 5.32 Å². The molecule has 0 heterocycles. The van der Waals surface area contributed by atoms with Gasteiger partial charge in [0.2, 0.25) is 0 Å². The van der Waals surface area contributed by atoms with Gasteiger partial charge in [0.05, 0.1) is 15.6 Å². The molecule has 1 N–H and O–H groups in total. The molecule has 2 atom stereocenters. The van der Waals surface area contributed by atoms with Gasteiger partial charge < -0.3 is 5.32 Å². The maximum Gasteiger partial charge on any atom is 0.253 e. The highest BCUT2D eigenvalue weighted by Gasteiger charge is 2.26. The summed E-state index contributed by atoms with van der Waals surface area (Å²) < 4.78 is 0. The highest BCUT2D eigenvalue weighted by atomic mass is 35.5. The van der Waals surface area contributed by atoms with E-state index in [4.69, 9.17) is 34.8 Å². The molecule has 1 fully saturated rings. The summed E-state index contributed by atoms with van der Waals surface area (Å²) in [4.78, 5) is 12.3. The number of nitrogens with one attached hydrogen (secondary N) is 1. The zero-order valence-corrected chi connectivity index (χ0v) is 12.7. The average molecular weight is 321 g/mol. The lowest BCUT2D eigenvalue weighted by molar-refractivity contribution is 0.0911. The lowest BCUT2D eigenvalue weighted by Gasteiger charge is -2.30. The Balaban J connectivity index is 2.09. The predicted octanol–water partition coefficient (Wildman–Crippen LogP) is 4.52. The summed E-state index contributed by atoms with van der Waals surface area (Å²) in [6.07, 6.45) is 4.35. The van der Waals surface area contributed by atoms with Gasteiger partial charge in [-0.3, -0.25) is 4.79 Å². The molecule has 0 aromatic heterocycles. The second-order valence-corrected chi connectivity index (χ2v) is 5.97. The van der Waals surface area contributed by atoms with Gasteiger partial charge in [-0.05, 0) is 30.9 Å². The quantitative estimate of drug-likeness (QED) is 0.815. The lowest BCUT2D eigenvalue weighted by Crippen LogP contribution is -2.42. The van der Waals surface area contributed by atoms with Crippen LogP contribution >= 0.6 is 34.8 Å². The Hall–Kier alpha value is -0.440. The minimum Gasteiger partial charge on any atom is -0.349 e. The first kappa shape index (κ1) is 15.0. The molecule has 0 spiro atoms. The molecule has 5 heteroatoms. The Morgan fingerprint density at radius 2 is 2.00 bits per heavy atom. The zero-order chi connectivity index (χ0) is 13.8. The van der Waals surface area contributed by atoms with E-state index in [1.165, 1.54) is 6.42 Å². The second-order valence-electron chi connectivity index (χ2n) is 4.88. The van der Waals surface area contributed by atoms with Gasteiger partial charge in [-0.1, -0.05) is 42.1 Å². The number of rotatable bonds is 3. The number of alkyl halides is 1. The van der Waals surface area contributed by atoms with Crippen molar-refractivity contribution in [2.75, 3.05) is 5.88 Å². The fourth-order valence-electron chi connectivity index (χ4n) is 2.51. The smallest absolute Gasteiger partial charge is 0.253 e. The number of halogens is 3. The number of carbonyl (C=O) groups is 1. The molecule has 1 saturated carbocycles.